The lowest BCUT2D eigenvalue weighted by Crippen LogP contribution is -1.97. The summed E-state index contributed by atoms with van der Waals surface area (Å²) in [6.07, 6.45) is 3.63. The highest BCUT2D eigenvalue weighted by Gasteiger charge is 2.03. The first-order chi connectivity index (χ1) is 7.77. The van der Waals surface area contributed by atoms with Crippen molar-refractivity contribution < 1.29 is 15.2 Å². The van der Waals surface area contributed by atoms with Gasteiger partial charge in [0.25, 0.3) is 0 Å². The number of aromatic amines is 1. The first-order valence-corrected chi connectivity index (χ1v) is 5.26. The third-order valence-corrected chi connectivity index (χ3v) is 2.02. The number of hydrogen-bond acceptors (Lipinski definition) is 2. The van der Waals surface area contributed by atoms with Gasteiger partial charge in [0, 0.05) is 11.6 Å². The maximum absolute atomic E-state index is 9.30. The summed E-state index contributed by atoms with van der Waals surface area (Å²) < 4.78 is 0. The number of phenolic OH excluding ortho intramolecular Hbond substituents is 2. The zero-order valence-corrected chi connectivity index (χ0v) is 9.44. The summed E-state index contributed by atoms with van der Waals surface area (Å²) in [6, 6.07) is 8.54. The van der Waals surface area contributed by atoms with Crippen molar-refractivity contribution in [1.29, 1.82) is 0 Å². The van der Waals surface area contributed by atoms with Crippen LogP contribution in [0.4, 0.5) is 0 Å². The molecule has 0 radical (unpaired) electrons. The molecule has 0 fully saturated rings. The highest BCUT2D eigenvalue weighted by Crippen LogP contribution is 2.29. The Hall–Kier alpha value is -2.03. The average molecular weight is 218 g/mol. The smallest absolute Gasteiger partial charge is 0.174 e. The van der Waals surface area contributed by atoms with Gasteiger partial charge in [-0.3, -0.25) is 0 Å². The number of benzene rings is 1. The highest BCUT2D eigenvalue weighted by atomic mass is 16.3. The van der Waals surface area contributed by atoms with Gasteiger partial charge in [-0.1, -0.05) is 19.9 Å². The van der Waals surface area contributed by atoms with Gasteiger partial charge in [0.15, 0.2) is 23.9 Å². The molecule has 3 N–H and O–H groups in total. The van der Waals surface area contributed by atoms with Gasteiger partial charge in [-0.25, -0.2) is 4.98 Å². The van der Waals surface area contributed by atoms with Crippen LogP contribution in [0.2, 0.25) is 0 Å². The molecule has 1 aromatic heterocycles. The van der Waals surface area contributed by atoms with Gasteiger partial charge in [-0.05, 0) is 23.8 Å². The number of hydrogen-bond donors (Lipinski definition) is 2. The van der Waals surface area contributed by atoms with E-state index in [1.165, 1.54) is 12.1 Å². The molecule has 1 aromatic carbocycles. The largest absolute Gasteiger partial charge is 0.504 e. The van der Waals surface area contributed by atoms with Crippen molar-refractivity contribution in [3.63, 3.8) is 0 Å². The van der Waals surface area contributed by atoms with E-state index < -0.39 is 0 Å². The Bertz CT molecular complexity index is 441. The Morgan fingerprint density at radius 3 is 2.25 bits per heavy atom. The molecule has 0 unspecified atom stereocenters. The van der Waals surface area contributed by atoms with Crippen LogP contribution in [-0.2, 0) is 0 Å². The molecule has 0 saturated carbocycles. The van der Waals surface area contributed by atoms with Crippen LogP contribution in [0.15, 0.2) is 42.7 Å². The third-order valence-electron chi connectivity index (χ3n) is 2.02. The predicted octanol–water partition coefficient (Wildman–Crippen LogP) is 2.61. The fourth-order valence-corrected chi connectivity index (χ4v) is 1.28. The number of aromatic nitrogens is 1. The summed E-state index contributed by atoms with van der Waals surface area (Å²) >= 11 is 0. The third kappa shape index (κ3) is 2.73. The second-order valence-electron chi connectivity index (χ2n) is 3.00. The summed E-state index contributed by atoms with van der Waals surface area (Å²) in [5, 5.41) is 18.4. The van der Waals surface area contributed by atoms with E-state index >= 15 is 0 Å². The molecule has 0 spiro atoms. The second kappa shape index (κ2) is 5.75. The normalized spacial score (nSPS) is 9.12. The summed E-state index contributed by atoms with van der Waals surface area (Å²) in [7, 11) is 0. The molecule has 3 heteroatoms. The van der Waals surface area contributed by atoms with Crippen molar-refractivity contribution in [1.82, 2.24) is 0 Å². The van der Waals surface area contributed by atoms with E-state index in [2.05, 4.69) is 4.98 Å². The zero-order chi connectivity index (χ0) is 12.0. The Balaban J connectivity index is 0.000000606. The van der Waals surface area contributed by atoms with Gasteiger partial charge in [0.05, 0.1) is 0 Å². The van der Waals surface area contributed by atoms with Crippen molar-refractivity contribution in [2.75, 3.05) is 0 Å². The van der Waals surface area contributed by atoms with Crippen LogP contribution < -0.4 is 4.98 Å². The quantitative estimate of drug-likeness (QED) is 0.723. The first-order valence-electron chi connectivity index (χ1n) is 5.26. The Morgan fingerprint density at radius 2 is 1.69 bits per heavy atom. The van der Waals surface area contributed by atoms with E-state index in [0.29, 0.717) is 0 Å². The molecule has 2 rings (SSSR count). The molecule has 16 heavy (non-hydrogen) atoms. The molecule has 0 saturated heterocycles. The van der Waals surface area contributed by atoms with Crippen molar-refractivity contribution in [2.24, 2.45) is 0 Å². The number of rotatable bonds is 1. The van der Waals surface area contributed by atoms with Gasteiger partial charge in [0.2, 0.25) is 0 Å². The van der Waals surface area contributed by atoms with Gasteiger partial charge in [0.1, 0.15) is 0 Å². The minimum atomic E-state index is -0.105. The number of nitrogens with one attached hydrogen (secondary N) is 1. The Kier molecular flexibility index (Phi) is 4.33. The molecule has 1 heterocycles. The molecule has 3 nitrogen and oxygen atoms in total. The molecule has 84 valence electrons. The molecule has 0 aliphatic heterocycles. The van der Waals surface area contributed by atoms with Crippen LogP contribution in [0.1, 0.15) is 13.8 Å². The predicted molar refractivity (Wildman–Crippen MR) is 63.1 cm³/mol. The van der Waals surface area contributed by atoms with Crippen molar-refractivity contribution >= 4 is 0 Å². The minimum absolute atomic E-state index is 0.103. The molecule has 0 aliphatic rings. The topological polar surface area (TPSA) is 54.6 Å². The standard InChI is InChI=1S/C11H9NO2.C2H6/c13-10-4-3-8(6-11(10)14)9-2-1-5-12-7-9;1-2/h1-7,13-14H;1-2H3/p+1. The van der Waals surface area contributed by atoms with Crippen molar-refractivity contribution in [2.45, 2.75) is 13.8 Å². The zero-order valence-electron chi connectivity index (χ0n) is 9.44. The lowest BCUT2D eigenvalue weighted by Gasteiger charge is -2.00. The number of aromatic hydroxyl groups is 2. The van der Waals surface area contributed by atoms with Gasteiger partial charge in [-0.2, -0.15) is 0 Å². The molecule has 0 aliphatic carbocycles. The average Bonchev–Trinajstić information content (AvgIpc) is 2.36. The maximum atomic E-state index is 9.30. The monoisotopic (exact) mass is 218 g/mol. The molecular weight excluding hydrogens is 202 g/mol. The van der Waals surface area contributed by atoms with Crippen molar-refractivity contribution in [3.8, 4) is 22.6 Å². The fourth-order valence-electron chi connectivity index (χ4n) is 1.28. The highest BCUT2D eigenvalue weighted by molar-refractivity contribution is 5.65. The molecular formula is C13H16NO2+. The number of phenols is 2. The van der Waals surface area contributed by atoms with Gasteiger partial charge < -0.3 is 10.2 Å². The van der Waals surface area contributed by atoms with E-state index in [-0.39, 0.29) is 11.5 Å². The van der Waals surface area contributed by atoms with Crippen LogP contribution in [0.25, 0.3) is 11.1 Å². The van der Waals surface area contributed by atoms with E-state index in [4.69, 9.17) is 5.11 Å². The second-order valence-corrected chi connectivity index (χ2v) is 3.00. The lowest BCUT2D eigenvalue weighted by molar-refractivity contribution is -0.377. The summed E-state index contributed by atoms with van der Waals surface area (Å²) in [5.74, 6) is -0.208. The SMILES string of the molecule is CC.Oc1ccc(-c2ccc[nH+]c2)cc1O. The lowest BCUT2D eigenvalue weighted by atomic mass is 10.1. The van der Waals surface area contributed by atoms with Gasteiger partial charge >= 0.3 is 0 Å². The number of pyridine rings is 1. The molecule has 0 bridgehead atoms. The van der Waals surface area contributed by atoms with Crippen LogP contribution >= 0.6 is 0 Å². The Morgan fingerprint density at radius 1 is 0.938 bits per heavy atom. The fraction of sp³-hybridized carbons (Fsp3) is 0.154. The minimum Gasteiger partial charge on any atom is -0.504 e. The maximum Gasteiger partial charge on any atom is 0.174 e. The summed E-state index contributed by atoms with van der Waals surface area (Å²) in [4.78, 5) is 2.95. The first kappa shape index (κ1) is 12.0. The van der Waals surface area contributed by atoms with Gasteiger partial charge in [-0.15, -0.1) is 0 Å². The van der Waals surface area contributed by atoms with E-state index in [1.807, 2.05) is 38.4 Å². The van der Waals surface area contributed by atoms with E-state index in [9.17, 15) is 5.11 Å². The van der Waals surface area contributed by atoms with E-state index in [1.54, 1.807) is 6.07 Å². The molecule has 0 atom stereocenters. The molecule has 0 amide bonds. The van der Waals surface area contributed by atoms with Crippen molar-refractivity contribution in [3.05, 3.63) is 42.7 Å². The van der Waals surface area contributed by atoms with Crippen LogP contribution in [0.3, 0.4) is 0 Å². The van der Waals surface area contributed by atoms with E-state index in [0.717, 1.165) is 11.1 Å². The Labute approximate surface area is 95.0 Å². The summed E-state index contributed by atoms with van der Waals surface area (Å²) in [6.45, 7) is 4.00. The summed E-state index contributed by atoms with van der Waals surface area (Å²) in [5.41, 5.74) is 1.82. The molecule has 2 aromatic rings. The van der Waals surface area contributed by atoms with Crippen LogP contribution in [0, 0.1) is 0 Å². The number of H-pyrrole nitrogens is 1. The van der Waals surface area contributed by atoms with Crippen LogP contribution in [0.5, 0.6) is 11.5 Å². The van der Waals surface area contributed by atoms with Crippen LogP contribution in [-0.4, -0.2) is 10.2 Å².